The van der Waals surface area contributed by atoms with E-state index >= 15 is 0 Å². The molecule has 1 fully saturated rings. The van der Waals surface area contributed by atoms with Crippen LogP contribution in [0.25, 0.3) is 0 Å². The minimum atomic E-state index is 0.269. The van der Waals surface area contributed by atoms with Crippen LogP contribution in [0.1, 0.15) is 89.7 Å². The smallest absolute Gasteiger partial charge is 0.119 e. The zero-order valence-corrected chi connectivity index (χ0v) is 15.7. The second kappa shape index (κ2) is 7.70. The highest BCUT2D eigenvalue weighted by atomic mass is 16.5. The summed E-state index contributed by atoms with van der Waals surface area (Å²) >= 11 is 0. The monoisotopic (exact) mass is 317 g/mol. The molecule has 2 nitrogen and oxygen atoms in total. The highest BCUT2D eigenvalue weighted by molar-refractivity contribution is 5.41. The lowest BCUT2D eigenvalue weighted by Gasteiger charge is -2.34. The largest absolute Gasteiger partial charge is 0.494 e. The van der Waals surface area contributed by atoms with E-state index in [0.29, 0.717) is 17.9 Å². The van der Waals surface area contributed by atoms with Crippen LogP contribution in [0, 0.1) is 5.41 Å². The molecule has 130 valence electrons. The SMILES string of the molecule is CCCOc1ccc(C(C)C(C)(C)C)c(C2CCC(N)CC2)c1. The first kappa shape index (κ1) is 18.3. The maximum absolute atomic E-state index is 6.11. The maximum atomic E-state index is 6.11. The van der Waals surface area contributed by atoms with Crippen LogP contribution in [-0.4, -0.2) is 12.6 Å². The van der Waals surface area contributed by atoms with Crippen molar-refractivity contribution in [2.75, 3.05) is 6.61 Å². The van der Waals surface area contributed by atoms with Crippen LogP contribution in [0.2, 0.25) is 0 Å². The van der Waals surface area contributed by atoms with E-state index in [9.17, 15) is 0 Å². The Balaban J connectivity index is 2.33. The first-order chi connectivity index (χ1) is 10.8. The third-order valence-corrected chi connectivity index (χ3v) is 5.51. The predicted molar refractivity (Wildman–Crippen MR) is 99.3 cm³/mol. The molecule has 1 aromatic rings. The minimum absolute atomic E-state index is 0.269. The third-order valence-electron chi connectivity index (χ3n) is 5.51. The van der Waals surface area contributed by atoms with Crippen LogP contribution in [0.4, 0.5) is 0 Å². The number of nitrogens with two attached hydrogens (primary N) is 1. The van der Waals surface area contributed by atoms with Gasteiger partial charge in [-0.3, -0.25) is 0 Å². The number of hydrogen-bond donors (Lipinski definition) is 1. The summed E-state index contributed by atoms with van der Waals surface area (Å²) in [6, 6.07) is 7.18. The summed E-state index contributed by atoms with van der Waals surface area (Å²) in [5, 5.41) is 0. The van der Waals surface area contributed by atoms with Gasteiger partial charge in [0.2, 0.25) is 0 Å². The van der Waals surface area contributed by atoms with Crippen molar-refractivity contribution in [3.63, 3.8) is 0 Å². The maximum Gasteiger partial charge on any atom is 0.119 e. The summed E-state index contributed by atoms with van der Waals surface area (Å²) in [5.74, 6) is 2.20. The molecule has 0 spiro atoms. The van der Waals surface area contributed by atoms with Gasteiger partial charge in [0.05, 0.1) is 6.61 Å². The van der Waals surface area contributed by atoms with Crippen LogP contribution >= 0.6 is 0 Å². The highest BCUT2D eigenvalue weighted by Crippen LogP contribution is 2.43. The van der Waals surface area contributed by atoms with Crippen LogP contribution < -0.4 is 10.5 Å². The molecule has 1 unspecified atom stereocenters. The lowest BCUT2D eigenvalue weighted by Crippen LogP contribution is -2.26. The standard InChI is InChI=1S/C21H35NO/c1-6-13-23-18-11-12-19(15(2)21(3,4)5)20(14-18)16-7-9-17(22)10-8-16/h11-12,14-17H,6-10,13,22H2,1-5H3. The van der Waals surface area contributed by atoms with Gasteiger partial charge >= 0.3 is 0 Å². The van der Waals surface area contributed by atoms with Crippen molar-refractivity contribution >= 4 is 0 Å². The Kier molecular flexibility index (Phi) is 6.13. The second-order valence-electron chi connectivity index (χ2n) is 8.34. The predicted octanol–water partition coefficient (Wildman–Crippen LogP) is 5.61. The topological polar surface area (TPSA) is 35.2 Å². The number of benzene rings is 1. The Morgan fingerprint density at radius 3 is 2.39 bits per heavy atom. The zero-order chi connectivity index (χ0) is 17.0. The van der Waals surface area contributed by atoms with Gasteiger partial charge in [0.15, 0.2) is 0 Å². The van der Waals surface area contributed by atoms with E-state index in [4.69, 9.17) is 10.5 Å². The van der Waals surface area contributed by atoms with Crippen molar-refractivity contribution in [2.45, 2.75) is 84.6 Å². The molecule has 0 saturated heterocycles. The summed E-state index contributed by atoms with van der Waals surface area (Å²) < 4.78 is 5.90. The first-order valence-electron chi connectivity index (χ1n) is 9.35. The normalized spacial score (nSPS) is 23.6. The molecule has 2 N–H and O–H groups in total. The molecular weight excluding hydrogens is 282 g/mol. The number of hydrogen-bond acceptors (Lipinski definition) is 2. The molecule has 0 aliphatic heterocycles. The molecule has 1 aromatic carbocycles. The molecule has 0 amide bonds. The molecule has 2 rings (SSSR count). The fourth-order valence-electron chi connectivity index (χ4n) is 3.51. The average molecular weight is 318 g/mol. The van der Waals surface area contributed by atoms with Gasteiger partial charge in [-0.2, -0.15) is 0 Å². The van der Waals surface area contributed by atoms with Crippen molar-refractivity contribution in [3.05, 3.63) is 29.3 Å². The number of rotatable bonds is 5. The summed E-state index contributed by atoms with van der Waals surface area (Å²) in [6.45, 7) is 12.3. The Morgan fingerprint density at radius 2 is 1.83 bits per heavy atom. The van der Waals surface area contributed by atoms with E-state index in [1.165, 1.54) is 24.0 Å². The second-order valence-corrected chi connectivity index (χ2v) is 8.34. The van der Waals surface area contributed by atoms with Crippen molar-refractivity contribution in [1.29, 1.82) is 0 Å². The summed E-state index contributed by atoms with van der Waals surface area (Å²) in [6.07, 6.45) is 5.76. The summed E-state index contributed by atoms with van der Waals surface area (Å²) in [5.41, 5.74) is 9.39. The van der Waals surface area contributed by atoms with E-state index in [-0.39, 0.29) is 5.41 Å². The molecule has 1 aliphatic rings. The molecule has 0 radical (unpaired) electrons. The quantitative estimate of drug-likeness (QED) is 0.766. The Morgan fingerprint density at radius 1 is 1.17 bits per heavy atom. The van der Waals surface area contributed by atoms with Crippen LogP contribution in [0.3, 0.4) is 0 Å². The molecule has 1 saturated carbocycles. The molecule has 1 aliphatic carbocycles. The molecule has 0 aromatic heterocycles. The van der Waals surface area contributed by atoms with Crippen molar-refractivity contribution in [1.82, 2.24) is 0 Å². The van der Waals surface area contributed by atoms with E-state index in [1.807, 2.05) is 0 Å². The van der Waals surface area contributed by atoms with Crippen LogP contribution in [-0.2, 0) is 0 Å². The lowest BCUT2D eigenvalue weighted by atomic mass is 9.72. The Bertz CT molecular complexity index is 495. The molecule has 1 atom stereocenters. The van der Waals surface area contributed by atoms with E-state index in [2.05, 4.69) is 52.8 Å². The molecule has 23 heavy (non-hydrogen) atoms. The summed E-state index contributed by atoms with van der Waals surface area (Å²) in [4.78, 5) is 0. The highest BCUT2D eigenvalue weighted by Gasteiger charge is 2.28. The lowest BCUT2D eigenvalue weighted by molar-refractivity contribution is 0.313. The van der Waals surface area contributed by atoms with Gasteiger partial charge in [0.25, 0.3) is 0 Å². The molecule has 0 bridgehead atoms. The van der Waals surface area contributed by atoms with Gasteiger partial charge in [0, 0.05) is 6.04 Å². The van der Waals surface area contributed by atoms with Crippen molar-refractivity contribution in [2.24, 2.45) is 11.1 Å². The fourth-order valence-corrected chi connectivity index (χ4v) is 3.51. The first-order valence-corrected chi connectivity index (χ1v) is 9.35. The van der Waals surface area contributed by atoms with Gasteiger partial charge in [-0.25, -0.2) is 0 Å². The van der Waals surface area contributed by atoms with Crippen LogP contribution in [0.5, 0.6) is 5.75 Å². The third kappa shape index (κ3) is 4.73. The fraction of sp³-hybridized carbons (Fsp3) is 0.714. The van der Waals surface area contributed by atoms with E-state index < -0.39 is 0 Å². The van der Waals surface area contributed by atoms with Gasteiger partial charge in [-0.05, 0) is 72.6 Å². The average Bonchev–Trinajstić information content (AvgIpc) is 2.52. The molecule has 2 heteroatoms. The number of ether oxygens (including phenoxy) is 1. The van der Waals surface area contributed by atoms with Gasteiger partial charge in [-0.15, -0.1) is 0 Å². The van der Waals surface area contributed by atoms with Gasteiger partial charge in [-0.1, -0.05) is 40.7 Å². The Hall–Kier alpha value is -1.02. The zero-order valence-electron chi connectivity index (χ0n) is 15.7. The van der Waals surface area contributed by atoms with Crippen molar-refractivity contribution in [3.8, 4) is 5.75 Å². The van der Waals surface area contributed by atoms with Crippen molar-refractivity contribution < 1.29 is 4.74 Å². The minimum Gasteiger partial charge on any atom is -0.494 e. The van der Waals surface area contributed by atoms with Crippen LogP contribution in [0.15, 0.2) is 18.2 Å². The molecular formula is C21H35NO. The van der Waals surface area contributed by atoms with E-state index in [0.717, 1.165) is 31.6 Å². The van der Waals surface area contributed by atoms with Gasteiger partial charge in [0.1, 0.15) is 5.75 Å². The van der Waals surface area contributed by atoms with E-state index in [1.54, 1.807) is 0 Å². The molecule has 0 heterocycles. The summed E-state index contributed by atoms with van der Waals surface area (Å²) in [7, 11) is 0. The Labute approximate surface area is 142 Å². The van der Waals surface area contributed by atoms with Gasteiger partial charge < -0.3 is 10.5 Å².